The highest BCUT2D eigenvalue weighted by Gasteiger charge is 2.36. The lowest BCUT2D eigenvalue weighted by atomic mass is 9.85. The molecular weight excluding hydrogens is 635 g/mol. The summed E-state index contributed by atoms with van der Waals surface area (Å²) in [6.07, 6.45) is 11.7. The van der Waals surface area contributed by atoms with Crippen molar-refractivity contribution in [3.8, 4) is 11.5 Å². The van der Waals surface area contributed by atoms with Crippen molar-refractivity contribution in [3.05, 3.63) is 93.1 Å². The van der Waals surface area contributed by atoms with E-state index in [0.29, 0.717) is 24.5 Å². The van der Waals surface area contributed by atoms with E-state index in [2.05, 4.69) is 39.5 Å². The molecule has 7 rings (SSSR count). The van der Waals surface area contributed by atoms with Gasteiger partial charge in [-0.2, -0.15) is 0 Å². The molecule has 2 atom stereocenters. The van der Waals surface area contributed by atoms with E-state index in [-0.39, 0.29) is 28.6 Å². The predicted molar refractivity (Wildman–Crippen MR) is 197 cm³/mol. The van der Waals surface area contributed by atoms with Crippen LogP contribution in [0.3, 0.4) is 0 Å². The summed E-state index contributed by atoms with van der Waals surface area (Å²) in [5.41, 5.74) is 3.85. The summed E-state index contributed by atoms with van der Waals surface area (Å²) in [7, 11) is 0. The Bertz CT molecular complexity index is 1680. The smallest absolute Gasteiger partial charge is 0.307 e. The summed E-state index contributed by atoms with van der Waals surface area (Å²) in [6, 6.07) is 22.1. The number of aromatic hydroxyl groups is 1. The number of rotatable bonds is 19. The third-order valence-electron chi connectivity index (χ3n) is 10.2. The van der Waals surface area contributed by atoms with Gasteiger partial charge in [-0.25, -0.2) is 0 Å². The Labute approximate surface area is 293 Å². The molecule has 0 amide bonds. The van der Waals surface area contributed by atoms with Crippen molar-refractivity contribution in [2.45, 2.75) is 82.7 Å². The molecule has 0 aliphatic carbocycles. The Hall–Kier alpha value is -3.66. The van der Waals surface area contributed by atoms with Crippen LogP contribution in [-0.4, -0.2) is 66.4 Å². The maximum absolute atomic E-state index is 13.2. The SMILES string of the molecule is O=C(CC(c1ccccc1)c1cccc(OCCCCCCCCCNCCc2ccc(O)c3[nH]c(=O)sc23)c1)O[C@H]1CN2CCC1CC2. The number of piperidine rings is 3. The van der Waals surface area contributed by atoms with Crippen LogP contribution in [0.5, 0.6) is 11.5 Å². The summed E-state index contributed by atoms with van der Waals surface area (Å²) in [5.74, 6) is 1.31. The number of ether oxygens (including phenoxy) is 2. The third kappa shape index (κ3) is 9.96. The number of hydrogen-bond acceptors (Lipinski definition) is 8. The number of H-pyrrole nitrogens is 1. The highest BCUT2D eigenvalue weighted by atomic mass is 32.1. The molecule has 3 aliphatic rings. The Morgan fingerprint density at radius 1 is 0.918 bits per heavy atom. The average molecular weight is 686 g/mol. The topological polar surface area (TPSA) is 104 Å². The molecule has 0 radical (unpaired) electrons. The summed E-state index contributed by atoms with van der Waals surface area (Å²) >= 11 is 1.16. The van der Waals surface area contributed by atoms with E-state index in [1.165, 1.54) is 25.7 Å². The van der Waals surface area contributed by atoms with Crippen LogP contribution in [0.1, 0.15) is 86.8 Å². The highest BCUT2D eigenvalue weighted by Crippen LogP contribution is 2.34. The second-order valence-electron chi connectivity index (χ2n) is 13.7. The third-order valence-corrected chi connectivity index (χ3v) is 11.1. The number of carbonyl (C=O) groups is 1. The van der Waals surface area contributed by atoms with E-state index in [1.54, 1.807) is 6.07 Å². The molecule has 262 valence electrons. The molecule has 0 saturated carbocycles. The number of carbonyl (C=O) groups excluding carboxylic acids is 1. The first-order valence-electron chi connectivity index (χ1n) is 18.3. The molecule has 3 saturated heterocycles. The van der Waals surface area contributed by atoms with Gasteiger partial charge in [0.05, 0.1) is 17.7 Å². The number of esters is 1. The number of hydrogen-bond donors (Lipinski definition) is 3. The molecule has 2 bridgehead atoms. The van der Waals surface area contributed by atoms with Gasteiger partial charge in [0.2, 0.25) is 0 Å². The quantitative estimate of drug-likeness (QED) is 0.0699. The first kappa shape index (κ1) is 35.2. The second-order valence-corrected chi connectivity index (χ2v) is 14.7. The van der Waals surface area contributed by atoms with E-state index < -0.39 is 0 Å². The van der Waals surface area contributed by atoms with Crippen LogP contribution in [0, 0.1) is 5.92 Å². The number of aromatic nitrogens is 1. The fraction of sp³-hybridized carbons (Fsp3) is 0.500. The molecule has 4 heterocycles. The fourth-order valence-electron chi connectivity index (χ4n) is 7.41. The summed E-state index contributed by atoms with van der Waals surface area (Å²) in [5, 5.41) is 13.5. The van der Waals surface area contributed by atoms with Gasteiger partial charge >= 0.3 is 10.8 Å². The summed E-state index contributed by atoms with van der Waals surface area (Å²) in [4.78, 5) is 29.9. The summed E-state index contributed by atoms with van der Waals surface area (Å²) < 4.78 is 13.1. The maximum atomic E-state index is 13.2. The van der Waals surface area contributed by atoms with Crippen molar-refractivity contribution < 1.29 is 19.4 Å². The molecule has 1 aromatic heterocycles. The van der Waals surface area contributed by atoms with Crippen LogP contribution >= 0.6 is 11.3 Å². The van der Waals surface area contributed by atoms with Gasteiger partial charge in [0.25, 0.3) is 0 Å². The number of aromatic amines is 1. The van der Waals surface area contributed by atoms with Gasteiger partial charge in [-0.05, 0) is 99.1 Å². The number of nitrogens with one attached hydrogen (secondary N) is 2. The molecule has 3 aromatic carbocycles. The molecule has 0 spiro atoms. The van der Waals surface area contributed by atoms with E-state index in [1.807, 2.05) is 36.4 Å². The van der Waals surface area contributed by atoms with Crippen molar-refractivity contribution in [2.24, 2.45) is 5.92 Å². The molecule has 4 aromatic rings. The Morgan fingerprint density at radius 2 is 1.67 bits per heavy atom. The molecule has 3 N–H and O–H groups in total. The van der Waals surface area contributed by atoms with E-state index in [9.17, 15) is 14.7 Å². The lowest BCUT2D eigenvalue weighted by molar-refractivity contribution is -0.159. The minimum atomic E-state index is -0.133. The van der Waals surface area contributed by atoms with Crippen molar-refractivity contribution >= 4 is 27.5 Å². The van der Waals surface area contributed by atoms with Gasteiger partial charge in [0.1, 0.15) is 23.1 Å². The van der Waals surface area contributed by atoms with E-state index in [4.69, 9.17) is 9.47 Å². The van der Waals surface area contributed by atoms with Gasteiger partial charge in [-0.1, -0.05) is 92.0 Å². The van der Waals surface area contributed by atoms with E-state index >= 15 is 0 Å². The zero-order chi connectivity index (χ0) is 33.8. The van der Waals surface area contributed by atoms with Crippen LogP contribution < -0.4 is 14.9 Å². The number of benzene rings is 3. The Kier molecular flexibility index (Phi) is 12.8. The van der Waals surface area contributed by atoms with Crippen LogP contribution in [0.25, 0.3) is 10.2 Å². The molecular formula is C40H51N3O5S. The highest BCUT2D eigenvalue weighted by molar-refractivity contribution is 7.16. The van der Waals surface area contributed by atoms with Crippen molar-refractivity contribution in [1.82, 2.24) is 15.2 Å². The molecule has 9 heteroatoms. The van der Waals surface area contributed by atoms with Crippen molar-refractivity contribution in [2.75, 3.05) is 39.3 Å². The van der Waals surface area contributed by atoms with Gasteiger partial charge in [0, 0.05) is 12.5 Å². The van der Waals surface area contributed by atoms with Crippen LogP contribution in [-0.2, 0) is 16.0 Å². The van der Waals surface area contributed by atoms with Crippen LogP contribution in [0.4, 0.5) is 0 Å². The van der Waals surface area contributed by atoms with Gasteiger partial charge in [0.15, 0.2) is 0 Å². The molecule has 8 nitrogen and oxygen atoms in total. The average Bonchev–Trinajstić information content (AvgIpc) is 3.53. The number of nitrogens with zero attached hydrogens (tertiary/aromatic N) is 1. The lowest BCUT2D eigenvalue weighted by Gasteiger charge is -2.44. The van der Waals surface area contributed by atoms with Gasteiger partial charge in [-0.3, -0.25) is 14.5 Å². The van der Waals surface area contributed by atoms with Crippen LogP contribution in [0.2, 0.25) is 0 Å². The zero-order valence-corrected chi connectivity index (χ0v) is 29.4. The fourth-order valence-corrected chi connectivity index (χ4v) is 8.30. The Morgan fingerprint density at radius 3 is 2.45 bits per heavy atom. The first-order valence-corrected chi connectivity index (χ1v) is 19.1. The van der Waals surface area contributed by atoms with Gasteiger partial charge < -0.3 is 24.9 Å². The standard InChI is InChI=1S/C40H51N3O5S/c44-35-17-16-31(39-38(35)42-40(46)49-39)18-22-41-21-9-4-2-1-3-5-10-25-47-33-15-11-14-32(26-33)34(29-12-7-6-8-13-29)27-37(45)48-36-28-43-23-19-30(36)20-24-43/h6-8,11-17,26,30,34,36,41,44H,1-5,9-10,18-25,27-28H2,(H,42,46)/t34?,36-/m0/s1. The lowest BCUT2D eigenvalue weighted by Crippen LogP contribution is -2.52. The van der Waals surface area contributed by atoms with Crippen molar-refractivity contribution in [3.63, 3.8) is 0 Å². The Balaban J connectivity index is 0.853. The normalized spacial score (nSPS) is 19.2. The molecule has 3 fully saturated rings. The predicted octanol–water partition coefficient (Wildman–Crippen LogP) is 7.40. The molecule has 3 aliphatic heterocycles. The van der Waals surface area contributed by atoms with Crippen LogP contribution in [0.15, 0.2) is 71.5 Å². The second kappa shape index (κ2) is 17.8. The number of thiazole rings is 1. The minimum absolute atomic E-state index is 0.0279. The zero-order valence-electron chi connectivity index (χ0n) is 28.5. The van der Waals surface area contributed by atoms with Gasteiger partial charge in [-0.15, -0.1) is 0 Å². The molecule has 1 unspecified atom stereocenters. The monoisotopic (exact) mass is 685 g/mol. The van der Waals surface area contributed by atoms with E-state index in [0.717, 1.165) is 110 Å². The largest absolute Gasteiger partial charge is 0.506 e. The van der Waals surface area contributed by atoms with Crippen molar-refractivity contribution in [1.29, 1.82) is 0 Å². The minimum Gasteiger partial charge on any atom is -0.506 e. The number of phenols is 1. The number of fused-ring (bicyclic) bond motifs is 4. The summed E-state index contributed by atoms with van der Waals surface area (Å²) in [6.45, 7) is 5.68. The first-order chi connectivity index (χ1) is 24.0. The number of unbranched alkanes of at least 4 members (excludes halogenated alkanes) is 6. The maximum Gasteiger partial charge on any atom is 0.307 e. The number of phenolic OH excluding ortho intramolecular Hbond substituents is 1. The molecule has 49 heavy (non-hydrogen) atoms.